The lowest BCUT2D eigenvalue weighted by Gasteiger charge is -2.38. The van der Waals surface area contributed by atoms with E-state index in [1.807, 2.05) is 0 Å². The average molecular weight is 224 g/mol. The van der Waals surface area contributed by atoms with Crippen LogP contribution in [0.15, 0.2) is 0 Å². The quantitative estimate of drug-likeness (QED) is 0.776. The second kappa shape index (κ2) is 5.20. The van der Waals surface area contributed by atoms with Gasteiger partial charge in [-0.2, -0.15) is 0 Å². The molecule has 2 aliphatic carbocycles. The highest BCUT2D eigenvalue weighted by molar-refractivity contribution is 5.70. The van der Waals surface area contributed by atoms with Crippen molar-refractivity contribution in [3.8, 4) is 0 Å². The van der Waals surface area contributed by atoms with Crippen LogP contribution in [0.5, 0.6) is 0 Å². The highest BCUT2D eigenvalue weighted by Crippen LogP contribution is 2.43. The lowest BCUT2D eigenvalue weighted by molar-refractivity contribution is -0.146. The fraction of sp³-hybridized carbons (Fsp3) is 0.929. The van der Waals surface area contributed by atoms with Gasteiger partial charge in [0, 0.05) is 0 Å². The Kier molecular flexibility index (Phi) is 3.88. The highest BCUT2D eigenvalue weighted by Gasteiger charge is 2.37. The minimum atomic E-state index is -0.539. The van der Waals surface area contributed by atoms with Crippen molar-refractivity contribution in [2.45, 2.75) is 58.3 Å². The van der Waals surface area contributed by atoms with Crippen molar-refractivity contribution in [3.05, 3.63) is 0 Å². The van der Waals surface area contributed by atoms with Gasteiger partial charge in [-0.25, -0.2) is 0 Å². The van der Waals surface area contributed by atoms with Crippen LogP contribution in [0.3, 0.4) is 0 Å². The van der Waals surface area contributed by atoms with E-state index in [1.165, 1.54) is 32.1 Å². The number of rotatable bonds is 2. The Bertz CT molecular complexity index is 249. The maximum atomic E-state index is 11.3. The lowest BCUT2D eigenvalue weighted by Crippen LogP contribution is -2.34. The number of carbonyl (C=O) groups is 1. The van der Waals surface area contributed by atoms with Crippen LogP contribution in [0.1, 0.15) is 58.3 Å². The molecule has 0 aromatic carbocycles. The molecule has 0 aliphatic heterocycles. The molecule has 0 amide bonds. The molecule has 0 radical (unpaired) electrons. The molecule has 4 unspecified atom stereocenters. The maximum Gasteiger partial charge on any atom is 0.306 e. The molecule has 92 valence electrons. The summed E-state index contributed by atoms with van der Waals surface area (Å²) in [5, 5.41) is 9.31. The Hall–Kier alpha value is -0.530. The fourth-order valence-electron chi connectivity index (χ4n) is 3.90. The molecule has 2 nitrogen and oxygen atoms in total. The van der Waals surface area contributed by atoms with Gasteiger partial charge in [0.05, 0.1) is 5.92 Å². The van der Waals surface area contributed by atoms with Crippen molar-refractivity contribution in [3.63, 3.8) is 0 Å². The second-order valence-corrected chi connectivity index (χ2v) is 5.92. The zero-order chi connectivity index (χ0) is 11.5. The van der Waals surface area contributed by atoms with Crippen LogP contribution in [0.25, 0.3) is 0 Å². The predicted octanol–water partition coefficient (Wildman–Crippen LogP) is 3.70. The molecular formula is C14H24O2. The SMILES string of the molecule is CC1CCCC(C2CCCCC2C(=O)O)C1. The third-order valence-electron chi connectivity index (χ3n) is 4.72. The highest BCUT2D eigenvalue weighted by atomic mass is 16.4. The zero-order valence-corrected chi connectivity index (χ0v) is 10.3. The Balaban J connectivity index is 2.01. The Labute approximate surface area is 98.4 Å². The van der Waals surface area contributed by atoms with Crippen LogP contribution in [0.2, 0.25) is 0 Å². The van der Waals surface area contributed by atoms with E-state index in [1.54, 1.807) is 0 Å². The molecule has 2 aliphatic rings. The summed E-state index contributed by atoms with van der Waals surface area (Å²) in [4.78, 5) is 11.3. The van der Waals surface area contributed by atoms with Crippen molar-refractivity contribution >= 4 is 5.97 Å². The van der Waals surface area contributed by atoms with E-state index < -0.39 is 5.97 Å². The molecule has 0 heterocycles. The van der Waals surface area contributed by atoms with Crippen molar-refractivity contribution < 1.29 is 9.90 Å². The van der Waals surface area contributed by atoms with Crippen LogP contribution in [-0.4, -0.2) is 11.1 Å². The molecular weight excluding hydrogens is 200 g/mol. The minimum absolute atomic E-state index is 0.0379. The first-order chi connectivity index (χ1) is 7.68. The van der Waals surface area contributed by atoms with E-state index in [0.29, 0.717) is 11.8 Å². The molecule has 1 N–H and O–H groups in total. The summed E-state index contributed by atoms with van der Waals surface area (Å²) in [6, 6.07) is 0. The van der Waals surface area contributed by atoms with Gasteiger partial charge in [0.1, 0.15) is 0 Å². The largest absolute Gasteiger partial charge is 0.481 e. The van der Waals surface area contributed by atoms with Gasteiger partial charge in [0.2, 0.25) is 0 Å². The average Bonchev–Trinajstić information content (AvgIpc) is 2.29. The van der Waals surface area contributed by atoms with Crippen LogP contribution in [0.4, 0.5) is 0 Å². The van der Waals surface area contributed by atoms with Gasteiger partial charge in [0.25, 0.3) is 0 Å². The molecule has 2 heteroatoms. The van der Waals surface area contributed by atoms with Gasteiger partial charge >= 0.3 is 5.97 Å². The Morgan fingerprint density at radius 1 is 1.06 bits per heavy atom. The number of carboxylic acids is 1. The molecule has 0 aromatic rings. The van der Waals surface area contributed by atoms with Crippen molar-refractivity contribution in [2.24, 2.45) is 23.7 Å². The standard InChI is InChI=1S/C14H24O2/c1-10-5-4-6-11(9-10)12-7-2-3-8-13(12)14(15)16/h10-13H,2-9H2,1H3,(H,15,16). The summed E-state index contributed by atoms with van der Waals surface area (Å²) in [5.41, 5.74) is 0. The van der Waals surface area contributed by atoms with Crippen LogP contribution >= 0.6 is 0 Å². The van der Waals surface area contributed by atoms with Crippen molar-refractivity contribution in [1.29, 1.82) is 0 Å². The van der Waals surface area contributed by atoms with Gasteiger partial charge in [-0.1, -0.05) is 39.0 Å². The molecule has 16 heavy (non-hydrogen) atoms. The van der Waals surface area contributed by atoms with E-state index in [-0.39, 0.29) is 5.92 Å². The van der Waals surface area contributed by atoms with Crippen molar-refractivity contribution in [1.82, 2.24) is 0 Å². The molecule has 0 spiro atoms. The lowest BCUT2D eigenvalue weighted by atomic mass is 9.66. The third kappa shape index (κ3) is 2.58. The van der Waals surface area contributed by atoms with Crippen molar-refractivity contribution in [2.75, 3.05) is 0 Å². The topological polar surface area (TPSA) is 37.3 Å². The summed E-state index contributed by atoms with van der Waals surface area (Å²) < 4.78 is 0. The van der Waals surface area contributed by atoms with Gasteiger partial charge in [-0.15, -0.1) is 0 Å². The first kappa shape index (κ1) is 11.9. The number of carboxylic acid groups (broad SMARTS) is 1. The molecule has 0 bridgehead atoms. The molecule has 2 rings (SSSR count). The summed E-state index contributed by atoms with van der Waals surface area (Å²) in [7, 11) is 0. The van der Waals surface area contributed by atoms with E-state index in [9.17, 15) is 9.90 Å². The van der Waals surface area contributed by atoms with Gasteiger partial charge in [0.15, 0.2) is 0 Å². The van der Waals surface area contributed by atoms with Gasteiger partial charge < -0.3 is 5.11 Å². The summed E-state index contributed by atoms with van der Waals surface area (Å²) >= 11 is 0. The Morgan fingerprint density at radius 2 is 1.81 bits per heavy atom. The van der Waals surface area contributed by atoms with Gasteiger partial charge in [-0.3, -0.25) is 4.79 Å². The molecule has 4 atom stereocenters. The maximum absolute atomic E-state index is 11.3. The van der Waals surface area contributed by atoms with Gasteiger partial charge in [-0.05, 0) is 37.0 Å². The molecule has 2 fully saturated rings. The molecule has 0 aromatic heterocycles. The molecule has 0 saturated heterocycles. The smallest absolute Gasteiger partial charge is 0.306 e. The first-order valence-electron chi connectivity index (χ1n) is 6.91. The summed E-state index contributed by atoms with van der Waals surface area (Å²) in [6.07, 6.45) is 9.66. The summed E-state index contributed by atoms with van der Waals surface area (Å²) in [6.45, 7) is 2.32. The van der Waals surface area contributed by atoms with E-state index in [2.05, 4.69) is 6.92 Å². The second-order valence-electron chi connectivity index (χ2n) is 5.92. The van der Waals surface area contributed by atoms with Crippen LogP contribution < -0.4 is 0 Å². The number of aliphatic carboxylic acids is 1. The van der Waals surface area contributed by atoms with Crippen LogP contribution in [0, 0.1) is 23.7 Å². The number of hydrogen-bond acceptors (Lipinski definition) is 1. The Morgan fingerprint density at radius 3 is 2.50 bits per heavy atom. The van der Waals surface area contributed by atoms with Crippen LogP contribution in [-0.2, 0) is 4.79 Å². The monoisotopic (exact) mass is 224 g/mol. The minimum Gasteiger partial charge on any atom is -0.481 e. The first-order valence-corrected chi connectivity index (χ1v) is 6.91. The van der Waals surface area contributed by atoms with E-state index in [0.717, 1.165) is 25.2 Å². The van der Waals surface area contributed by atoms with E-state index in [4.69, 9.17) is 0 Å². The summed E-state index contributed by atoms with van der Waals surface area (Å²) in [5.74, 6) is 1.42. The zero-order valence-electron chi connectivity index (χ0n) is 10.3. The fourth-order valence-corrected chi connectivity index (χ4v) is 3.90. The predicted molar refractivity (Wildman–Crippen MR) is 64.2 cm³/mol. The van der Waals surface area contributed by atoms with E-state index >= 15 is 0 Å². The third-order valence-corrected chi connectivity index (χ3v) is 4.72. The normalized spacial score (nSPS) is 40.6. The molecule has 2 saturated carbocycles. The number of hydrogen-bond donors (Lipinski definition) is 1.